The number of nitrogens with one attached hydrogen (secondary N) is 2. The summed E-state index contributed by atoms with van der Waals surface area (Å²) in [5, 5.41) is 10.5. The average molecular weight is 487 g/mol. The molecule has 0 atom stereocenters. The molecule has 2 N–H and O–H groups in total. The highest BCUT2D eigenvalue weighted by atomic mass is 19.1. The molecule has 36 heavy (non-hydrogen) atoms. The number of amides is 1. The van der Waals surface area contributed by atoms with Gasteiger partial charge in [-0.2, -0.15) is 5.10 Å². The summed E-state index contributed by atoms with van der Waals surface area (Å²) in [6.45, 7) is 2.00. The molecule has 1 amide bonds. The van der Waals surface area contributed by atoms with Crippen LogP contribution in [-0.2, 0) is 17.6 Å². The predicted octanol–water partition coefficient (Wildman–Crippen LogP) is 4.66. The number of hydrogen-bond acceptors (Lipinski definition) is 6. The number of alkyl carbamates (subject to hydrolysis) is 1. The molecular weight excluding hydrogens is 463 g/mol. The molecule has 0 bridgehead atoms. The van der Waals surface area contributed by atoms with Crippen molar-refractivity contribution in [1.29, 1.82) is 0 Å². The van der Waals surface area contributed by atoms with Crippen LogP contribution in [0.15, 0.2) is 64.4 Å². The largest absolute Gasteiger partial charge is 0.496 e. The van der Waals surface area contributed by atoms with Crippen LogP contribution in [0.1, 0.15) is 23.7 Å². The third-order valence-corrected chi connectivity index (χ3v) is 6.03. The SMILES string of the molecule is CCOC(=O)NC1=Nc2cc(-c3cc(Cc4n[nH]c(=O)c5ccccc45)c(F)cc3OC)ccc2C1. The summed E-state index contributed by atoms with van der Waals surface area (Å²) >= 11 is 0. The molecule has 9 heteroatoms. The Morgan fingerprint density at radius 3 is 2.72 bits per heavy atom. The Kier molecular flexibility index (Phi) is 6.20. The van der Waals surface area contributed by atoms with Crippen molar-refractivity contribution in [3.05, 3.63) is 87.6 Å². The van der Waals surface area contributed by atoms with E-state index in [0.717, 1.165) is 11.1 Å². The Morgan fingerprint density at radius 2 is 1.94 bits per heavy atom. The van der Waals surface area contributed by atoms with Crippen molar-refractivity contribution in [3.8, 4) is 16.9 Å². The average Bonchev–Trinajstić information content (AvgIpc) is 3.28. The van der Waals surface area contributed by atoms with E-state index in [1.54, 1.807) is 31.2 Å². The van der Waals surface area contributed by atoms with Crippen LogP contribution in [-0.4, -0.2) is 35.8 Å². The summed E-state index contributed by atoms with van der Waals surface area (Å²) < 4.78 is 25.5. The first kappa shape index (κ1) is 23.2. The number of aromatic nitrogens is 2. The number of amidine groups is 1. The van der Waals surface area contributed by atoms with Crippen LogP contribution in [0.25, 0.3) is 21.9 Å². The second kappa shape index (κ2) is 9.61. The molecular formula is C27H23FN4O4. The number of carbonyl (C=O) groups is 1. The van der Waals surface area contributed by atoms with Gasteiger partial charge in [-0.05, 0) is 41.8 Å². The van der Waals surface area contributed by atoms with Crippen molar-refractivity contribution < 1.29 is 18.7 Å². The van der Waals surface area contributed by atoms with E-state index in [4.69, 9.17) is 9.47 Å². The molecule has 0 unspecified atom stereocenters. The number of fused-ring (bicyclic) bond motifs is 2. The van der Waals surface area contributed by atoms with Gasteiger partial charge < -0.3 is 9.47 Å². The number of rotatable bonds is 5. The van der Waals surface area contributed by atoms with Gasteiger partial charge in [0.1, 0.15) is 17.4 Å². The smallest absolute Gasteiger partial charge is 0.412 e. The summed E-state index contributed by atoms with van der Waals surface area (Å²) in [5.74, 6) is 0.443. The highest BCUT2D eigenvalue weighted by Gasteiger charge is 2.20. The molecule has 1 aliphatic heterocycles. The topological polar surface area (TPSA) is 106 Å². The number of carbonyl (C=O) groups excluding carboxylic acids is 1. The fourth-order valence-electron chi connectivity index (χ4n) is 4.32. The fraction of sp³-hybridized carbons (Fsp3) is 0.185. The standard InChI is InChI=1S/C27H23FN4O4/c1-3-36-27(34)30-25-13-16-9-8-15(11-22(16)29-25)20-10-17(21(28)14-24(20)35-2)12-23-18-6-4-5-7-19(18)26(33)32-31-23/h4-11,14H,3,12-13H2,1-2H3,(H,32,33)(H,29,30,34). The first-order valence-corrected chi connectivity index (χ1v) is 11.4. The molecule has 5 rings (SSSR count). The van der Waals surface area contributed by atoms with Crippen molar-refractivity contribution >= 4 is 28.4 Å². The van der Waals surface area contributed by atoms with E-state index >= 15 is 4.39 Å². The molecule has 0 spiro atoms. The molecule has 182 valence electrons. The van der Waals surface area contributed by atoms with Crippen LogP contribution in [0.5, 0.6) is 5.75 Å². The summed E-state index contributed by atoms with van der Waals surface area (Å²) in [6.07, 6.45) is 0.111. The van der Waals surface area contributed by atoms with Gasteiger partial charge in [0, 0.05) is 29.9 Å². The first-order chi connectivity index (χ1) is 17.5. The number of aromatic amines is 1. The fourth-order valence-corrected chi connectivity index (χ4v) is 4.32. The maximum atomic E-state index is 15.1. The number of nitrogens with zero attached hydrogens (tertiary/aromatic N) is 2. The summed E-state index contributed by atoms with van der Waals surface area (Å²) in [5.41, 5.74) is 3.81. The van der Waals surface area contributed by atoms with Gasteiger partial charge in [-0.1, -0.05) is 30.3 Å². The minimum atomic E-state index is -0.544. The first-order valence-electron chi connectivity index (χ1n) is 11.4. The minimum absolute atomic E-state index is 0.177. The molecule has 8 nitrogen and oxygen atoms in total. The zero-order valence-corrected chi connectivity index (χ0v) is 19.7. The minimum Gasteiger partial charge on any atom is -0.496 e. The maximum absolute atomic E-state index is 15.1. The predicted molar refractivity (Wildman–Crippen MR) is 135 cm³/mol. The van der Waals surface area contributed by atoms with Crippen LogP contribution in [0.2, 0.25) is 0 Å². The van der Waals surface area contributed by atoms with Gasteiger partial charge in [-0.15, -0.1) is 0 Å². The molecule has 0 fully saturated rings. The van der Waals surface area contributed by atoms with E-state index in [-0.39, 0.29) is 18.6 Å². The van der Waals surface area contributed by atoms with Gasteiger partial charge in [0.15, 0.2) is 0 Å². The number of benzene rings is 3. The second-order valence-corrected chi connectivity index (χ2v) is 8.29. The number of halogens is 1. The molecule has 2 heterocycles. The van der Waals surface area contributed by atoms with Crippen molar-refractivity contribution in [3.63, 3.8) is 0 Å². The molecule has 3 aromatic carbocycles. The van der Waals surface area contributed by atoms with Crippen molar-refractivity contribution in [2.24, 2.45) is 4.99 Å². The highest BCUT2D eigenvalue weighted by molar-refractivity contribution is 6.01. The number of aliphatic imine (C=N–C) groups is 1. The third-order valence-electron chi connectivity index (χ3n) is 6.03. The Balaban J connectivity index is 1.51. The summed E-state index contributed by atoms with van der Waals surface area (Å²) in [4.78, 5) is 28.4. The Labute approximate surface area is 205 Å². The van der Waals surface area contributed by atoms with Crippen LogP contribution in [0.3, 0.4) is 0 Å². The van der Waals surface area contributed by atoms with E-state index in [1.165, 1.54) is 13.2 Å². The molecule has 1 aliphatic rings. The molecule has 0 saturated heterocycles. The normalized spacial score (nSPS) is 12.2. The van der Waals surface area contributed by atoms with Gasteiger partial charge in [-0.25, -0.2) is 19.3 Å². The molecule has 0 aliphatic carbocycles. The number of methoxy groups -OCH3 is 1. The number of hydrogen-bond donors (Lipinski definition) is 2. The van der Waals surface area contributed by atoms with E-state index < -0.39 is 11.9 Å². The van der Waals surface area contributed by atoms with E-state index in [1.807, 2.05) is 24.3 Å². The van der Waals surface area contributed by atoms with Crippen LogP contribution < -0.4 is 15.6 Å². The maximum Gasteiger partial charge on any atom is 0.412 e. The lowest BCUT2D eigenvalue weighted by molar-refractivity contribution is 0.157. The Hall–Kier alpha value is -4.53. The lowest BCUT2D eigenvalue weighted by atomic mass is 9.96. The molecule has 1 aromatic heterocycles. The van der Waals surface area contributed by atoms with E-state index in [2.05, 4.69) is 20.5 Å². The Bertz CT molecular complexity index is 1580. The quantitative estimate of drug-likeness (QED) is 0.427. The molecule has 0 saturated carbocycles. The van der Waals surface area contributed by atoms with E-state index in [9.17, 15) is 9.59 Å². The summed E-state index contributed by atoms with van der Waals surface area (Å²) in [7, 11) is 1.49. The van der Waals surface area contributed by atoms with Crippen molar-refractivity contribution in [2.45, 2.75) is 19.8 Å². The van der Waals surface area contributed by atoms with Crippen LogP contribution in [0.4, 0.5) is 14.9 Å². The van der Waals surface area contributed by atoms with E-state index in [0.29, 0.717) is 51.3 Å². The monoisotopic (exact) mass is 486 g/mol. The second-order valence-electron chi connectivity index (χ2n) is 8.29. The lowest BCUT2D eigenvalue weighted by Gasteiger charge is -2.13. The van der Waals surface area contributed by atoms with Crippen LogP contribution >= 0.6 is 0 Å². The van der Waals surface area contributed by atoms with Gasteiger partial charge in [0.2, 0.25) is 0 Å². The zero-order chi connectivity index (χ0) is 25.2. The van der Waals surface area contributed by atoms with Crippen LogP contribution in [0, 0.1) is 5.82 Å². The number of ether oxygens (including phenoxy) is 2. The molecule has 0 radical (unpaired) electrons. The van der Waals surface area contributed by atoms with Gasteiger partial charge in [0.25, 0.3) is 5.56 Å². The van der Waals surface area contributed by atoms with Gasteiger partial charge in [0.05, 0.1) is 30.5 Å². The van der Waals surface area contributed by atoms with Crippen molar-refractivity contribution in [1.82, 2.24) is 15.5 Å². The van der Waals surface area contributed by atoms with Gasteiger partial charge in [-0.3, -0.25) is 10.1 Å². The summed E-state index contributed by atoms with van der Waals surface area (Å²) in [6, 6.07) is 15.9. The number of H-pyrrole nitrogens is 1. The highest BCUT2D eigenvalue weighted by Crippen LogP contribution is 2.37. The third kappa shape index (κ3) is 4.43. The lowest BCUT2D eigenvalue weighted by Crippen LogP contribution is -2.30. The Morgan fingerprint density at radius 1 is 1.14 bits per heavy atom. The van der Waals surface area contributed by atoms with Crippen molar-refractivity contribution in [2.75, 3.05) is 13.7 Å². The zero-order valence-electron chi connectivity index (χ0n) is 19.7. The van der Waals surface area contributed by atoms with Gasteiger partial charge >= 0.3 is 6.09 Å². The molecule has 4 aromatic rings.